The van der Waals surface area contributed by atoms with E-state index in [4.69, 9.17) is 0 Å². The van der Waals surface area contributed by atoms with E-state index in [1.807, 2.05) is 23.1 Å². The van der Waals surface area contributed by atoms with E-state index in [0.717, 1.165) is 27.7 Å². The van der Waals surface area contributed by atoms with Crippen molar-refractivity contribution in [3.8, 4) is 0 Å². The van der Waals surface area contributed by atoms with Gasteiger partial charge in [-0.05, 0) is 42.2 Å². The molecular weight excluding hydrogens is 314 g/mol. The summed E-state index contributed by atoms with van der Waals surface area (Å²) in [6.07, 6.45) is 1.43. The number of amides is 1. The average Bonchev–Trinajstić information content (AvgIpc) is 2.43. The first-order chi connectivity index (χ1) is 9.65. The monoisotopic (exact) mass is 329 g/mol. The summed E-state index contributed by atoms with van der Waals surface area (Å²) in [5, 5.41) is 0. The molecule has 0 unspecified atom stereocenters. The normalized spacial score (nSPS) is 14.3. The molecule has 0 spiro atoms. The SMILES string of the molecule is Cc1cc(Br)cc2c1N(Cc1ccccc1)C(=O)CC2. The summed E-state index contributed by atoms with van der Waals surface area (Å²) < 4.78 is 1.09. The standard InChI is InChI=1S/C17H16BrNO/c1-12-9-15(18)10-14-7-8-16(20)19(17(12)14)11-13-5-3-2-4-6-13/h2-6,9-10H,7-8,11H2,1H3. The zero-order valence-electron chi connectivity index (χ0n) is 11.4. The highest BCUT2D eigenvalue weighted by Crippen LogP contribution is 2.34. The van der Waals surface area contributed by atoms with Crippen LogP contribution in [0.2, 0.25) is 0 Å². The minimum Gasteiger partial charge on any atom is -0.307 e. The fraction of sp³-hybridized carbons (Fsp3) is 0.235. The van der Waals surface area contributed by atoms with Gasteiger partial charge in [0.2, 0.25) is 5.91 Å². The Morgan fingerprint density at radius 2 is 1.90 bits per heavy atom. The Balaban J connectivity index is 2.02. The number of fused-ring (bicyclic) bond motifs is 1. The Bertz CT molecular complexity index is 652. The van der Waals surface area contributed by atoms with Crippen molar-refractivity contribution in [2.75, 3.05) is 4.90 Å². The van der Waals surface area contributed by atoms with Crippen molar-refractivity contribution in [1.82, 2.24) is 0 Å². The largest absolute Gasteiger partial charge is 0.307 e. The van der Waals surface area contributed by atoms with Gasteiger partial charge in [0.1, 0.15) is 0 Å². The van der Waals surface area contributed by atoms with Gasteiger partial charge in [-0.15, -0.1) is 0 Å². The van der Waals surface area contributed by atoms with Crippen LogP contribution in [0.4, 0.5) is 5.69 Å². The lowest BCUT2D eigenvalue weighted by Crippen LogP contribution is -2.35. The van der Waals surface area contributed by atoms with E-state index in [2.05, 4.69) is 47.1 Å². The Labute approximate surface area is 127 Å². The van der Waals surface area contributed by atoms with Crippen LogP contribution < -0.4 is 4.90 Å². The number of hydrogen-bond donors (Lipinski definition) is 0. The third-order valence-corrected chi connectivity index (χ3v) is 4.16. The molecule has 0 bridgehead atoms. The molecule has 1 aliphatic rings. The molecule has 102 valence electrons. The van der Waals surface area contributed by atoms with Crippen LogP contribution in [0.1, 0.15) is 23.1 Å². The summed E-state index contributed by atoms with van der Waals surface area (Å²) in [4.78, 5) is 14.2. The second-order valence-electron chi connectivity index (χ2n) is 5.20. The van der Waals surface area contributed by atoms with Crippen LogP contribution in [-0.2, 0) is 17.8 Å². The fourth-order valence-electron chi connectivity index (χ4n) is 2.82. The molecule has 2 aromatic rings. The van der Waals surface area contributed by atoms with Crippen molar-refractivity contribution in [3.05, 3.63) is 63.6 Å². The van der Waals surface area contributed by atoms with E-state index < -0.39 is 0 Å². The van der Waals surface area contributed by atoms with Crippen LogP contribution in [-0.4, -0.2) is 5.91 Å². The van der Waals surface area contributed by atoms with E-state index in [1.54, 1.807) is 0 Å². The van der Waals surface area contributed by atoms with E-state index in [0.29, 0.717) is 13.0 Å². The molecule has 1 heterocycles. The van der Waals surface area contributed by atoms with Gasteiger partial charge < -0.3 is 4.90 Å². The molecule has 0 atom stereocenters. The van der Waals surface area contributed by atoms with Gasteiger partial charge in [-0.3, -0.25) is 4.79 Å². The second-order valence-corrected chi connectivity index (χ2v) is 6.11. The molecule has 0 aliphatic carbocycles. The molecule has 20 heavy (non-hydrogen) atoms. The molecule has 0 N–H and O–H groups in total. The average molecular weight is 330 g/mol. The summed E-state index contributed by atoms with van der Waals surface area (Å²) in [5.41, 5.74) is 4.66. The first-order valence-electron chi connectivity index (χ1n) is 6.78. The lowest BCUT2D eigenvalue weighted by Gasteiger charge is -2.31. The number of aryl methyl sites for hydroxylation is 2. The lowest BCUT2D eigenvalue weighted by atomic mass is 9.97. The number of carbonyl (C=O) groups is 1. The van der Waals surface area contributed by atoms with E-state index in [9.17, 15) is 4.79 Å². The van der Waals surface area contributed by atoms with Crippen LogP contribution in [0.15, 0.2) is 46.9 Å². The van der Waals surface area contributed by atoms with Crippen LogP contribution in [0.25, 0.3) is 0 Å². The Morgan fingerprint density at radius 1 is 1.15 bits per heavy atom. The number of carbonyl (C=O) groups excluding carboxylic acids is 1. The van der Waals surface area contributed by atoms with Crippen molar-refractivity contribution in [2.24, 2.45) is 0 Å². The van der Waals surface area contributed by atoms with Crippen molar-refractivity contribution in [2.45, 2.75) is 26.3 Å². The molecule has 0 saturated carbocycles. The summed E-state index contributed by atoms with van der Waals surface area (Å²) >= 11 is 3.54. The van der Waals surface area contributed by atoms with Crippen molar-refractivity contribution in [3.63, 3.8) is 0 Å². The molecule has 0 aromatic heterocycles. The van der Waals surface area contributed by atoms with Gasteiger partial charge in [-0.25, -0.2) is 0 Å². The first-order valence-corrected chi connectivity index (χ1v) is 7.58. The number of benzene rings is 2. The van der Waals surface area contributed by atoms with Gasteiger partial charge in [-0.2, -0.15) is 0 Å². The minimum atomic E-state index is 0.215. The molecule has 1 aliphatic heterocycles. The second kappa shape index (κ2) is 5.41. The van der Waals surface area contributed by atoms with Crippen molar-refractivity contribution in [1.29, 1.82) is 0 Å². The topological polar surface area (TPSA) is 20.3 Å². The predicted molar refractivity (Wildman–Crippen MR) is 84.8 cm³/mol. The zero-order chi connectivity index (χ0) is 14.1. The van der Waals surface area contributed by atoms with E-state index in [1.165, 1.54) is 5.56 Å². The molecule has 2 nitrogen and oxygen atoms in total. The highest BCUT2D eigenvalue weighted by Gasteiger charge is 2.26. The molecule has 0 radical (unpaired) electrons. The van der Waals surface area contributed by atoms with Crippen LogP contribution >= 0.6 is 15.9 Å². The van der Waals surface area contributed by atoms with E-state index in [-0.39, 0.29) is 5.91 Å². The smallest absolute Gasteiger partial charge is 0.227 e. The van der Waals surface area contributed by atoms with Crippen molar-refractivity contribution >= 4 is 27.5 Å². The predicted octanol–water partition coefficient (Wildman–Crippen LogP) is 4.24. The van der Waals surface area contributed by atoms with Gasteiger partial charge in [0.15, 0.2) is 0 Å². The summed E-state index contributed by atoms with van der Waals surface area (Å²) in [6.45, 7) is 2.72. The maximum absolute atomic E-state index is 12.3. The van der Waals surface area contributed by atoms with Crippen LogP contribution in [0.3, 0.4) is 0 Å². The summed E-state index contributed by atoms with van der Waals surface area (Å²) in [6, 6.07) is 14.4. The molecule has 0 saturated heterocycles. The Hall–Kier alpha value is -1.61. The van der Waals surface area contributed by atoms with Gasteiger partial charge in [-0.1, -0.05) is 46.3 Å². The lowest BCUT2D eigenvalue weighted by molar-refractivity contribution is -0.119. The summed E-state index contributed by atoms with van der Waals surface area (Å²) in [7, 11) is 0. The minimum absolute atomic E-state index is 0.215. The number of halogens is 1. The van der Waals surface area contributed by atoms with Gasteiger partial charge >= 0.3 is 0 Å². The van der Waals surface area contributed by atoms with Gasteiger partial charge in [0.25, 0.3) is 0 Å². The molecule has 0 fully saturated rings. The third kappa shape index (κ3) is 2.50. The molecule has 3 heteroatoms. The van der Waals surface area contributed by atoms with E-state index >= 15 is 0 Å². The van der Waals surface area contributed by atoms with Crippen molar-refractivity contribution < 1.29 is 4.79 Å². The molecule has 3 rings (SSSR count). The van der Waals surface area contributed by atoms with Gasteiger partial charge in [0.05, 0.1) is 12.2 Å². The number of anilines is 1. The highest BCUT2D eigenvalue weighted by molar-refractivity contribution is 9.10. The number of nitrogens with zero attached hydrogens (tertiary/aromatic N) is 1. The molecule has 2 aromatic carbocycles. The quantitative estimate of drug-likeness (QED) is 0.807. The zero-order valence-corrected chi connectivity index (χ0v) is 13.0. The molecule has 1 amide bonds. The molecular formula is C17H16BrNO. The van der Waals surface area contributed by atoms with Gasteiger partial charge in [0, 0.05) is 10.9 Å². The fourth-order valence-corrected chi connectivity index (χ4v) is 3.44. The van der Waals surface area contributed by atoms with Crippen LogP contribution in [0, 0.1) is 6.92 Å². The Morgan fingerprint density at radius 3 is 2.65 bits per heavy atom. The maximum atomic E-state index is 12.3. The van der Waals surface area contributed by atoms with Crippen LogP contribution in [0.5, 0.6) is 0 Å². The number of hydrogen-bond acceptors (Lipinski definition) is 1. The first kappa shape index (κ1) is 13.4. The summed E-state index contributed by atoms with van der Waals surface area (Å²) in [5.74, 6) is 0.215. The Kier molecular flexibility index (Phi) is 3.62. The highest BCUT2D eigenvalue weighted by atomic mass is 79.9. The third-order valence-electron chi connectivity index (χ3n) is 3.71. The maximum Gasteiger partial charge on any atom is 0.227 e. The number of rotatable bonds is 2.